The minimum Gasteiger partial charge on any atom is -0.466 e. The molecule has 28 heavy (non-hydrogen) atoms. The molecule has 0 unspecified atom stereocenters. The highest BCUT2D eigenvalue weighted by molar-refractivity contribution is 9.10. The summed E-state index contributed by atoms with van der Waals surface area (Å²) in [4.78, 5) is 41.0. The van der Waals surface area contributed by atoms with Crippen LogP contribution in [0.2, 0.25) is 0 Å². The Morgan fingerprint density at radius 1 is 1.21 bits per heavy atom. The first kappa shape index (κ1) is 21.0. The van der Waals surface area contributed by atoms with E-state index in [-0.39, 0.29) is 24.2 Å². The topological polar surface area (TPSA) is 66.9 Å². The summed E-state index contributed by atoms with van der Waals surface area (Å²) in [6, 6.07) is 5.59. The zero-order valence-corrected chi connectivity index (χ0v) is 18.7. The van der Waals surface area contributed by atoms with E-state index in [2.05, 4.69) is 15.9 Å². The third-order valence-corrected chi connectivity index (χ3v) is 6.38. The van der Waals surface area contributed by atoms with E-state index < -0.39 is 0 Å². The third-order valence-electron chi connectivity index (χ3n) is 4.44. The van der Waals surface area contributed by atoms with E-state index in [1.165, 1.54) is 4.90 Å². The standard InChI is InChI=1S/C19H19BrN2O4S2/c1-3-21-13-8-7-11(20)10-12(13)15(17(21)24)16-18(25)22(19(27)28-16)9-5-6-14(23)26-4-2/h7-8,10H,3-6,9H2,1-2H3/b16-15-. The van der Waals surface area contributed by atoms with Crippen molar-refractivity contribution in [3.8, 4) is 0 Å². The van der Waals surface area contributed by atoms with Crippen LogP contribution in [0.3, 0.4) is 0 Å². The maximum atomic E-state index is 13.0. The van der Waals surface area contributed by atoms with Gasteiger partial charge < -0.3 is 9.64 Å². The van der Waals surface area contributed by atoms with Gasteiger partial charge in [0.15, 0.2) is 0 Å². The van der Waals surface area contributed by atoms with Crippen molar-refractivity contribution in [2.45, 2.75) is 26.7 Å². The van der Waals surface area contributed by atoms with Gasteiger partial charge in [0.2, 0.25) is 0 Å². The van der Waals surface area contributed by atoms with Gasteiger partial charge in [-0.15, -0.1) is 0 Å². The highest BCUT2D eigenvalue weighted by atomic mass is 79.9. The number of amides is 2. The number of ether oxygens (including phenoxy) is 1. The van der Waals surface area contributed by atoms with Gasteiger partial charge in [-0.25, -0.2) is 0 Å². The summed E-state index contributed by atoms with van der Waals surface area (Å²) in [7, 11) is 0. The van der Waals surface area contributed by atoms with Gasteiger partial charge in [0.05, 0.1) is 22.8 Å². The fourth-order valence-corrected chi connectivity index (χ4v) is 4.93. The van der Waals surface area contributed by atoms with Gasteiger partial charge >= 0.3 is 5.97 Å². The van der Waals surface area contributed by atoms with Crippen LogP contribution >= 0.6 is 39.9 Å². The molecule has 0 radical (unpaired) electrons. The van der Waals surface area contributed by atoms with Crippen LogP contribution in [0.1, 0.15) is 32.3 Å². The molecule has 0 bridgehead atoms. The van der Waals surface area contributed by atoms with Crippen molar-refractivity contribution in [1.29, 1.82) is 0 Å². The SMILES string of the molecule is CCOC(=O)CCCN1C(=O)/C(=C2/C(=O)N(CC)c3ccc(Br)cc32)SC1=S. The van der Waals surface area contributed by atoms with Gasteiger partial charge in [0, 0.05) is 29.5 Å². The van der Waals surface area contributed by atoms with Crippen LogP contribution in [-0.4, -0.2) is 46.7 Å². The number of fused-ring (bicyclic) bond motifs is 1. The molecule has 6 nitrogen and oxygen atoms in total. The average molecular weight is 483 g/mol. The van der Waals surface area contributed by atoms with Crippen molar-refractivity contribution in [1.82, 2.24) is 4.90 Å². The number of hydrogen-bond acceptors (Lipinski definition) is 6. The molecular formula is C19H19BrN2O4S2. The highest BCUT2D eigenvalue weighted by Crippen LogP contribution is 2.45. The van der Waals surface area contributed by atoms with Gasteiger partial charge in [-0.2, -0.15) is 0 Å². The number of halogens is 1. The molecule has 0 saturated carbocycles. The Kier molecular flexibility index (Phi) is 6.57. The largest absolute Gasteiger partial charge is 0.466 e. The number of esters is 1. The summed E-state index contributed by atoms with van der Waals surface area (Å²) >= 11 is 9.95. The van der Waals surface area contributed by atoms with Gasteiger partial charge in [-0.1, -0.05) is 39.9 Å². The number of carbonyl (C=O) groups excluding carboxylic acids is 3. The van der Waals surface area contributed by atoms with Crippen molar-refractivity contribution < 1.29 is 19.1 Å². The Labute approximate surface area is 181 Å². The maximum absolute atomic E-state index is 13.0. The van der Waals surface area contributed by atoms with Crippen molar-refractivity contribution in [2.24, 2.45) is 0 Å². The number of rotatable bonds is 6. The highest BCUT2D eigenvalue weighted by Gasteiger charge is 2.41. The Balaban J connectivity index is 1.87. The number of nitrogens with zero attached hydrogens (tertiary/aromatic N) is 2. The number of thioether (sulfide) groups is 1. The fraction of sp³-hybridized carbons (Fsp3) is 0.368. The molecule has 2 aliphatic heterocycles. The van der Waals surface area contributed by atoms with Crippen molar-refractivity contribution in [3.63, 3.8) is 0 Å². The molecule has 2 amide bonds. The summed E-state index contributed by atoms with van der Waals surface area (Å²) < 4.78 is 6.14. The summed E-state index contributed by atoms with van der Waals surface area (Å²) in [5, 5.41) is 0. The molecule has 2 aliphatic rings. The predicted molar refractivity (Wildman–Crippen MR) is 117 cm³/mol. The van der Waals surface area contributed by atoms with E-state index in [1.54, 1.807) is 11.8 Å². The van der Waals surface area contributed by atoms with Crippen molar-refractivity contribution in [2.75, 3.05) is 24.6 Å². The van der Waals surface area contributed by atoms with Crippen molar-refractivity contribution >= 4 is 73.3 Å². The second kappa shape index (κ2) is 8.75. The first-order valence-electron chi connectivity index (χ1n) is 8.94. The zero-order chi connectivity index (χ0) is 20.4. The van der Waals surface area contributed by atoms with Gasteiger partial charge in [-0.3, -0.25) is 19.3 Å². The number of carbonyl (C=O) groups is 3. The second-order valence-corrected chi connectivity index (χ2v) is 8.71. The minimum absolute atomic E-state index is 0.192. The lowest BCUT2D eigenvalue weighted by atomic mass is 10.1. The first-order chi connectivity index (χ1) is 13.4. The van der Waals surface area contributed by atoms with Gasteiger partial charge in [0.25, 0.3) is 11.8 Å². The maximum Gasteiger partial charge on any atom is 0.305 e. The molecule has 9 heteroatoms. The summed E-state index contributed by atoms with van der Waals surface area (Å²) in [6.45, 7) is 4.80. The molecule has 0 aromatic heterocycles. The smallest absolute Gasteiger partial charge is 0.305 e. The van der Waals surface area contributed by atoms with Crippen LogP contribution < -0.4 is 4.90 Å². The number of hydrogen-bond donors (Lipinski definition) is 0. The molecular weight excluding hydrogens is 464 g/mol. The Bertz CT molecular complexity index is 900. The number of benzene rings is 1. The van der Waals surface area contributed by atoms with Crippen LogP contribution in [0.5, 0.6) is 0 Å². The molecule has 0 spiro atoms. The molecule has 148 valence electrons. The average Bonchev–Trinajstić information content (AvgIpc) is 3.08. The normalized spacial score (nSPS) is 18.9. The van der Waals surface area contributed by atoms with E-state index in [0.717, 1.165) is 27.5 Å². The number of anilines is 1. The Hall–Kier alpha value is -1.71. The van der Waals surface area contributed by atoms with E-state index in [9.17, 15) is 14.4 Å². The molecule has 1 fully saturated rings. The van der Waals surface area contributed by atoms with Crippen LogP contribution in [0.15, 0.2) is 27.6 Å². The quantitative estimate of drug-likeness (QED) is 0.349. The predicted octanol–water partition coefficient (Wildman–Crippen LogP) is 3.73. The fourth-order valence-electron chi connectivity index (χ4n) is 3.19. The second-order valence-electron chi connectivity index (χ2n) is 6.15. The minimum atomic E-state index is -0.297. The van der Waals surface area contributed by atoms with Crippen LogP contribution in [0, 0.1) is 0 Å². The van der Waals surface area contributed by atoms with E-state index >= 15 is 0 Å². The summed E-state index contributed by atoms with van der Waals surface area (Å²) in [6.07, 6.45) is 0.667. The lowest BCUT2D eigenvalue weighted by Gasteiger charge is -2.14. The van der Waals surface area contributed by atoms with E-state index in [0.29, 0.717) is 40.9 Å². The van der Waals surface area contributed by atoms with E-state index in [1.807, 2.05) is 25.1 Å². The van der Waals surface area contributed by atoms with Crippen molar-refractivity contribution in [3.05, 3.63) is 33.1 Å². The van der Waals surface area contributed by atoms with Crippen LogP contribution in [0.4, 0.5) is 5.69 Å². The van der Waals surface area contributed by atoms with E-state index in [4.69, 9.17) is 17.0 Å². The molecule has 1 saturated heterocycles. The van der Waals surface area contributed by atoms with Gasteiger partial charge in [0.1, 0.15) is 4.32 Å². The Morgan fingerprint density at radius 2 is 1.96 bits per heavy atom. The molecule has 0 N–H and O–H groups in total. The van der Waals surface area contributed by atoms with Gasteiger partial charge in [-0.05, 0) is 38.5 Å². The molecule has 1 aromatic carbocycles. The van der Waals surface area contributed by atoms with Crippen LogP contribution in [-0.2, 0) is 19.1 Å². The zero-order valence-electron chi connectivity index (χ0n) is 15.5. The molecule has 1 aromatic rings. The lowest BCUT2D eigenvalue weighted by Crippen LogP contribution is -2.30. The third kappa shape index (κ3) is 3.88. The number of likely N-dealkylation sites (N-methyl/N-ethyl adjacent to an activating group) is 1. The Morgan fingerprint density at radius 3 is 2.64 bits per heavy atom. The summed E-state index contributed by atoms with van der Waals surface area (Å²) in [5.74, 6) is -0.775. The van der Waals surface area contributed by atoms with Crippen LogP contribution in [0.25, 0.3) is 5.57 Å². The summed E-state index contributed by atoms with van der Waals surface area (Å²) in [5.41, 5.74) is 1.91. The lowest BCUT2D eigenvalue weighted by molar-refractivity contribution is -0.143. The number of thiocarbonyl (C=S) groups is 1. The molecule has 0 atom stereocenters. The molecule has 3 rings (SSSR count). The molecule has 0 aliphatic carbocycles. The molecule has 2 heterocycles. The monoisotopic (exact) mass is 482 g/mol. The first-order valence-corrected chi connectivity index (χ1v) is 11.0.